The van der Waals surface area contributed by atoms with Gasteiger partial charge in [0.15, 0.2) is 0 Å². The van der Waals surface area contributed by atoms with Crippen LogP contribution in [0.1, 0.15) is 63.7 Å². The Labute approximate surface area is 201 Å². The molecule has 0 bridgehead atoms. The van der Waals surface area contributed by atoms with Gasteiger partial charge in [0.1, 0.15) is 22.9 Å². The first kappa shape index (κ1) is 25.0. The average Bonchev–Trinajstić information content (AvgIpc) is 2.87. The monoisotopic (exact) mass is 462 g/mol. The molecule has 2 aromatic carbocycles. The van der Waals surface area contributed by atoms with Crippen molar-refractivity contribution < 1.29 is 20.1 Å². The van der Waals surface area contributed by atoms with Crippen LogP contribution >= 0.6 is 0 Å². The molecule has 0 aromatic heterocycles. The Morgan fingerprint density at radius 2 is 1.59 bits per heavy atom. The van der Waals surface area contributed by atoms with Gasteiger partial charge in [-0.2, -0.15) is 0 Å². The number of hydrogen-bond acceptors (Lipinski definition) is 5. The van der Waals surface area contributed by atoms with Crippen LogP contribution in [0.2, 0.25) is 0 Å². The maximum atomic E-state index is 12.8. The highest BCUT2D eigenvalue weighted by Gasteiger charge is 2.29. The second-order valence-corrected chi connectivity index (χ2v) is 9.06. The van der Waals surface area contributed by atoms with Crippen LogP contribution in [0.15, 0.2) is 65.3 Å². The molecule has 4 N–H and O–H groups in total. The minimum atomic E-state index is -0.440. The summed E-state index contributed by atoms with van der Waals surface area (Å²) in [5.74, 6) is -0.867. The van der Waals surface area contributed by atoms with Gasteiger partial charge < -0.3 is 25.5 Å². The smallest absolute Gasteiger partial charge is 0.258 e. The molecule has 0 aliphatic carbocycles. The molecule has 1 aliphatic heterocycles. The molecule has 0 fully saturated rings. The molecule has 6 heteroatoms. The fourth-order valence-electron chi connectivity index (χ4n) is 4.01. The van der Waals surface area contributed by atoms with E-state index in [1.807, 2.05) is 6.08 Å². The summed E-state index contributed by atoms with van der Waals surface area (Å²) in [5, 5.41) is 33.8. The van der Waals surface area contributed by atoms with Crippen molar-refractivity contribution in [3.63, 3.8) is 0 Å². The van der Waals surface area contributed by atoms with Gasteiger partial charge in [-0.3, -0.25) is 4.79 Å². The lowest BCUT2D eigenvalue weighted by Crippen LogP contribution is -2.18. The summed E-state index contributed by atoms with van der Waals surface area (Å²) in [7, 11) is 0. The number of phenolic OH excluding ortho intramolecular Hbond substituents is 3. The number of nitrogens with one attached hydrogen (secondary N) is 1. The highest BCUT2D eigenvalue weighted by Crippen LogP contribution is 2.47. The zero-order valence-corrected chi connectivity index (χ0v) is 20.4. The molecule has 6 nitrogen and oxygen atoms in total. The van der Waals surface area contributed by atoms with E-state index in [1.54, 1.807) is 17.0 Å². The van der Waals surface area contributed by atoms with Crippen LogP contribution in [-0.2, 0) is 0 Å². The first-order valence-electron chi connectivity index (χ1n) is 11.6. The van der Waals surface area contributed by atoms with Gasteiger partial charge in [-0.15, -0.1) is 0 Å². The third-order valence-electron chi connectivity index (χ3n) is 5.89. The van der Waals surface area contributed by atoms with Crippen LogP contribution in [0.5, 0.6) is 17.2 Å². The third kappa shape index (κ3) is 6.01. The van der Waals surface area contributed by atoms with Gasteiger partial charge in [0.25, 0.3) is 5.91 Å². The van der Waals surface area contributed by atoms with Crippen molar-refractivity contribution >= 4 is 23.0 Å². The number of carbonyl (C=O) groups is 1. The number of hydrogen-bond donors (Lipinski definition) is 4. The van der Waals surface area contributed by atoms with Gasteiger partial charge in [0.05, 0.1) is 16.9 Å². The van der Waals surface area contributed by atoms with Crippen molar-refractivity contribution in [1.29, 1.82) is 0 Å². The molecule has 1 amide bonds. The maximum absolute atomic E-state index is 12.8. The number of rotatable bonds is 8. The second kappa shape index (κ2) is 11.0. The number of anilines is 3. The van der Waals surface area contributed by atoms with E-state index in [9.17, 15) is 20.1 Å². The first-order valence-corrected chi connectivity index (χ1v) is 11.6. The van der Waals surface area contributed by atoms with Gasteiger partial charge in [0.2, 0.25) is 0 Å². The first-order chi connectivity index (χ1) is 16.2. The molecular weight excluding hydrogens is 428 g/mol. The summed E-state index contributed by atoms with van der Waals surface area (Å²) in [6.45, 7) is 8.80. The van der Waals surface area contributed by atoms with Crippen LogP contribution in [0, 0.1) is 0 Å². The van der Waals surface area contributed by atoms with E-state index in [0.29, 0.717) is 17.9 Å². The van der Waals surface area contributed by atoms with Crippen molar-refractivity contribution in [2.45, 2.75) is 53.4 Å². The van der Waals surface area contributed by atoms with Gasteiger partial charge >= 0.3 is 0 Å². The number of fused-ring (bicyclic) bond motifs is 2. The molecule has 0 atom stereocenters. The van der Waals surface area contributed by atoms with E-state index in [1.165, 1.54) is 34.9 Å². The Morgan fingerprint density at radius 1 is 0.912 bits per heavy atom. The Bertz CT molecular complexity index is 1160. The van der Waals surface area contributed by atoms with Crippen molar-refractivity contribution in [1.82, 2.24) is 0 Å². The highest BCUT2D eigenvalue weighted by molar-refractivity contribution is 6.14. The normalized spacial score (nSPS) is 13.6. The topological polar surface area (TPSA) is 93.0 Å². The van der Waals surface area contributed by atoms with Gasteiger partial charge in [-0.1, -0.05) is 41.0 Å². The highest BCUT2D eigenvalue weighted by atomic mass is 16.3. The molecule has 1 aliphatic rings. The number of allylic oxidation sites excluding steroid dienone is 5. The summed E-state index contributed by atoms with van der Waals surface area (Å²) in [6.07, 6.45) is 10.5. The fourth-order valence-corrected chi connectivity index (χ4v) is 4.01. The lowest BCUT2D eigenvalue weighted by Gasteiger charge is -2.26. The zero-order valence-electron chi connectivity index (χ0n) is 20.4. The minimum absolute atomic E-state index is 0.0516. The molecule has 0 spiro atoms. The predicted molar refractivity (Wildman–Crippen MR) is 138 cm³/mol. The molecule has 1 heterocycles. The molecule has 3 rings (SSSR count). The molecule has 0 saturated carbocycles. The van der Waals surface area contributed by atoms with Crippen LogP contribution < -0.4 is 10.2 Å². The number of para-hydroxylation sites is 1. The van der Waals surface area contributed by atoms with E-state index in [2.05, 4.69) is 45.2 Å². The van der Waals surface area contributed by atoms with E-state index in [4.69, 9.17) is 0 Å². The predicted octanol–water partition coefficient (Wildman–Crippen LogP) is 6.93. The Kier molecular flexibility index (Phi) is 8.05. The van der Waals surface area contributed by atoms with Crippen LogP contribution in [0.25, 0.3) is 0 Å². The number of amides is 1. The molecular formula is C28H34N2O4. The lowest BCUT2D eigenvalue weighted by atomic mass is 10.1. The Morgan fingerprint density at radius 3 is 2.29 bits per heavy atom. The molecule has 180 valence electrons. The second-order valence-electron chi connectivity index (χ2n) is 9.06. The number of aromatic hydroxyl groups is 3. The zero-order chi connectivity index (χ0) is 24.8. The summed E-state index contributed by atoms with van der Waals surface area (Å²) < 4.78 is 0. The van der Waals surface area contributed by atoms with Crippen molar-refractivity contribution in [3.8, 4) is 17.2 Å². The van der Waals surface area contributed by atoms with E-state index in [0.717, 1.165) is 25.7 Å². The fraction of sp³-hybridized carbons (Fsp3) is 0.321. The molecule has 34 heavy (non-hydrogen) atoms. The van der Waals surface area contributed by atoms with E-state index < -0.39 is 5.91 Å². The summed E-state index contributed by atoms with van der Waals surface area (Å²) in [4.78, 5) is 14.5. The minimum Gasteiger partial charge on any atom is -0.508 e. The summed E-state index contributed by atoms with van der Waals surface area (Å²) in [6, 6.07) is 7.40. The SMILES string of the molecule is CC(C)=CCCC(C)=CCCC(C)=CCN1c2cc(O)cc(O)c2NC(=O)c2cccc(O)c21. The molecule has 0 saturated heterocycles. The largest absolute Gasteiger partial charge is 0.508 e. The molecule has 0 unspecified atom stereocenters. The van der Waals surface area contributed by atoms with Crippen LogP contribution in [0.4, 0.5) is 17.1 Å². The number of carbonyl (C=O) groups excluding carboxylic acids is 1. The number of benzene rings is 2. The summed E-state index contributed by atoms with van der Waals surface area (Å²) >= 11 is 0. The van der Waals surface area contributed by atoms with Crippen molar-refractivity contribution in [2.75, 3.05) is 16.8 Å². The standard InChI is InChI=1S/C28H34N2O4/c1-18(2)8-5-9-19(3)10-6-11-20(4)14-15-30-23-16-21(31)17-25(33)26(23)29-28(34)22-12-7-13-24(32)27(22)30/h7-8,10,12-14,16-17,31-33H,5-6,9,11,15H2,1-4H3,(H,29,34). The van der Waals surface area contributed by atoms with Gasteiger partial charge in [-0.05, 0) is 65.5 Å². The molecule has 2 aromatic rings. The van der Waals surface area contributed by atoms with Crippen LogP contribution in [-0.4, -0.2) is 27.8 Å². The summed E-state index contributed by atoms with van der Waals surface area (Å²) in [5.41, 5.74) is 5.11. The third-order valence-corrected chi connectivity index (χ3v) is 5.89. The van der Waals surface area contributed by atoms with Crippen LogP contribution in [0.3, 0.4) is 0 Å². The number of phenols is 3. The Hall–Kier alpha value is -3.67. The quantitative estimate of drug-likeness (QED) is 0.194. The van der Waals surface area contributed by atoms with Gasteiger partial charge in [-0.25, -0.2) is 0 Å². The number of nitrogens with zero attached hydrogens (tertiary/aromatic N) is 1. The van der Waals surface area contributed by atoms with E-state index >= 15 is 0 Å². The van der Waals surface area contributed by atoms with Crippen molar-refractivity contribution in [2.24, 2.45) is 0 Å². The lowest BCUT2D eigenvalue weighted by molar-refractivity contribution is 0.102. The van der Waals surface area contributed by atoms with Gasteiger partial charge in [0, 0.05) is 18.7 Å². The Balaban J connectivity index is 1.84. The molecule has 0 radical (unpaired) electrons. The maximum Gasteiger partial charge on any atom is 0.258 e. The van der Waals surface area contributed by atoms with Crippen molar-refractivity contribution in [3.05, 3.63) is 70.8 Å². The van der Waals surface area contributed by atoms with E-state index in [-0.39, 0.29) is 28.5 Å². The average molecular weight is 463 g/mol.